The number of nitrogens with two attached hydrogens (primary N) is 1. The summed E-state index contributed by atoms with van der Waals surface area (Å²) in [5.41, 5.74) is 7.99. The van der Waals surface area contributed by atoms with Gasteiger partial charge in [0.25, 0.3) is 0 Å². The maximum absolute atomic E-state index is 9.20. The molecule has 0 bridgehead atoms. The molecule has 1 saturated carbocycles. The minimum atomic E-state index is 0.524. The van der Waals surface area contributed by atoms with Gasteiger partial charge in [-0.05, 0) is 18.8 Å². The molecule has 1 aromatic heterocycles. The highest BCUT2D eigenvalue weighted by Crippen LogP contribution is 2.51. The molecule has 0 aromatic carbocycles. The van der Waals surface area contributed by atoms with Gasteiger partial charge >= 0.3 is 0 Å². The van der Waals surface area contributed by atoms with Crippen molar-refractivity contribution in [3.8, 4) is 6.07 Å². The molecule has 0 radical (unpaired) electrons. The fourth-order valence-corrected chi connectivity index (χ4v) is 3.40. The van der Waals surface area contributed by atoms with Crippen molar-refractivity contribution in [1.82, 2.24) is 0 Å². The van der Waals surface area contributed by atoms with Crippen LogP contribution in [-0.2, 0) is 9.47 Å². The van der Waals surface area contributed by atoms with E-state index in [1.165, 1.54) is 29.7 Å². The van der Waals surface area contributed by atoms with Gasteiger partial charge in [0.05, 0.1) is 23.9 Å². The summed E-state index contributed by atoms with van der Waals surface area (Å²) < 4.78 is 10.4. The van der Waals surface area contributed by atoms with E-state index >= 15 is 0 Å². The minimum absolute atomic E-state index is 0.524. The van der Waals surface area contributed by atoms with Crippen molar-refractivity contribution in [2.24, 2.45) is 0 Å². The lowest BCUT2D eigenvalue weighted by Crippen LogP contribution is -2.30. The van der Waals surface area contributed by atoms with E-state index in [2.05, 4.69) is 11.0 Å². The first-order valence-corrected chi connectivity index (χ1v) is 7.59. The minimum Gasteiger partial charge on any atom is -0.397 e. The molecule has 0 unspecified atom stereocenters. The fourth-order valence-electron chi connectivity index (χ4n) is 2.25. The van der Waals surface area contributed by atoms with Crippen LogP contribution in [0.2, 0.25) is 0 Å². The van der Waals surface area contributed by atoms with Crippen LogP contribution in [0.3, 0.4) is 0 Å². The maximum Gasteiger partial charge on any atom is 0.130 e. The molecule has 6 heteroatoms. The van der Waals surface area contributed by atoms with Gasteiger partial charge in [0.1, 0.15) is 10.9 Å². The summed E-state index contributed by atoms with van der Waals surface area (Å²) in [4.78, 5) is 2.85. The van der Waals surface area contributed by atoms with Crippen LogP contribution in [0, 0.1) is 11.3 Å². The van der Waals surface area contributed by atoms with Gasteiger partial charge in [-0.25, -0.2) is 0 Å². The molecule has 1 aromatic rings. The number of nitrogens with zero attached hydrogens (tertiary/aromatic N) is 2. The number of methoxy groups -OCH3 is 2. The third-order valence-electron chi connectivity index (χ3n) is 3.47. The van der Waals surface area contributed by atoms with Gasteiger partial charge in [-0.1, -0.05) is 0 Å². The van der Waals surface area contributed by atoms with Crippen molar-refractivity contribution in [1.29, 1.82) is 5.26 Å². The van der Waals surface area contributed by atoms with Crippen molar-refractivity contribution in [3.05, 3.63) is 10.4 Å². The van der Waals surface area contributed by atoms with E-state index in [4.69, 9.17) is 15.2 Å². The lowest BCUT2D eigenvalue weighted by atomic mass is 10.1. The third kappa shape index (κ3) is 3.23. The summed E-state index contributed by atoms with van der Waals surface area (Å²) in [6, 6.07) is 2.21. The van der Waals surface area contributed by atoms with Crippen LogP contribution in [0.15, 0.2) is 0 Å². The largest absolute Gasteiger partial charge is 0.397 e. The molecule has 0 spiro atoms. The zero-order valence-electron chi connectivity index (χ0n) is 12.0. The van der Waals surface area contributed by atoms with E-state index in [1.54, 1.807) is 14.2 Å². The van der Waals surface area contributed by atoms with Gasteiger partial charge in [0, 0.05) is 32.9 Å². The number of thiophene rings is 1. The zero-order chi connectivity index (χ0) is 14.5. The Bertz CT molecular complexity index is 483. The third-order valence-corrected chi connectivity index (χ3v) is 4.66. The van der Waals surface area contributed by atoms with Crippen LogP contribution in [-0.4, -0.2) is 40.5 Å². The molecule has 1 fully saturated rings. The van der Waals surface area contributed by atoms with Crippen molar-refractivity contribution in [2.45, 2.75) is 18.8 Å². The molecule has 5 nitrogen and oxygen atoms in total. The SMILES string of the molecule is COCCN(CCOC)c1sc(C#N)c(N)c1C1CC1. The lowest BCUT2D eigenvalue weighted by Gasteiger charge is -2.24. The summed E-state index contributed by atoms with van der Waals surface area (Å²) >= 11 is 1.49. The summed E-state index contributed by atoms with van der Waals surface area (Å²) in [5, 5.41) is 10.3. The van der Waals surface area contributed by atoms with Crippen molar-refractivity contribution < 1.29 is 9.47 Å². The van der Waals surface area contributed by atoms with Crippen molar-refractivity contribution in [3.63, 3.8) is 0 Å². The molecule has 0 saturated heterocycles. The van der Waals surface area contributed by atoms with Crippen LogP contribution in [0.4, 0.5) is 10.7 Å². The Morgan fingerprint density at radius 1 is 1.30 bits per heavy atom. The molecule has 0 amide bonds. The van der Waals surface area contributed by atoms with E-state index in [-0.39, 0.29) is 0 Å². The predicted molar refractivity (Wildman–Crippen MR) is 81.4 cm³/mol. The molecule has 0 atom stereocenters. The van der Waals surface area contributed by atoms with E-state index in [0.29, 0.717) is 29.7 Å². The molecule has 110 valence electrons. The Kier molecular flexibility index (Phi) is 5.24. The Labute approximate surface area is 123 Å². The second-order valence-electron chi connectivity index (χ2n) is 4.92. The average molecular weight is 295 g/mol. The number of hydrogen-bond acceptors (Lipinski definition) is 6. The van der Waals surface area contributed by atoms with Crippen LogP contribution in [0.25, 0.3) is 0 Å². The lowest BCUT2D eigenvalue weighted by molar-refractivity contribution is 0.190. The standard InChI is InChI=1S/C14H21N3O2S/c1-18-7-5-17(6-8-19-2)14-12(10-3-4-10)13(16)11(9-15)20-14/h10H,3-8,16H2,1-2H3. The van der Waals surface area contributed by atoms with Gasteiger partial charge < -0.3 is 20.1 Å². The van der Waals surface area contributed by atoms with Crippen molar-refractivity contribution in [2.75, 3.05) is 51.2 Å². The molecule has 2 N–H and O–H groups in total. The quantitative estimate of drug-likeness (QED) is 0.796. The molecular formula is C14H21N3O2S. The second-order valence-corrected chi connectivity index (χ2v) is 5.92. The van der Waals surface area contributed by atoms with Crippen LogP contribution >= 0.6 is 11.3 Å². The number of hydrogen-bond donors (Lipinski definition) is 1. The summed E-state index contributed by atoms with van der Waals surface area (Å²) in [5.74, 6) is 0.524. The van der Waals surface area contributed by atoms with Gasteiger partial charge in [-0.3, -0.25) is 0 Å². The number of nitriles is 1. The highest BCUT2D eigenvalue weighted by atomic mass is 32.1. The maximum atomic E-state index is 9.20. The Morgan fingerprint density at radius 2 is 1.90 bits per heavy atom. The van der Waals surface area contributed by atoms with Crippen LogP contribution < -0.4 is 10.6 Å². The Balaban J connectivity index is 2.28. The molecule has 2 rings (SSSR count). The smallest absolute Gasteiger partial charge is 0.130 e. The van der Waals surface area contributed by atoms with Crippen LogP contribution in [0.1, 0.15) is 29.2 Å². The molecule has 1 heterocycles. The number of rotatable bonds is 8. The second kappa shape index (κ2) is 6.93. The predicted octanol–water partition coefficient (Wildman–Crippen LogP) is 2.18. The first-order chi connectivity index (χ1) is 9.72. The monoisotopic (exact) mass is 295 g/mol. The molecule has 1 aliphatic rings. The molecule has 0 aliphatic heterocycles. The molecular weight excluding hydrogens is 274 g/mol. The van der Waals surface area contributed by atoms with Crippen molar-refractivity contribution >= 4 is 22.0 Å². The van der Waals surface area contributed by atoms with Gasteiger partial charge in [-0.15, -0.1) is 11.3 Å². The average Bonchev–Trinajstić information content (AvgIpc) is 3.23. The van der Waals surface area contributed by atoms with E-state index < -0.39 is 0 Å². The number of nitrogen functional groups attached to an aromatic ring is 1. The normalized spacial score (nSPS) is 14.2. The zero-order valence-corrected chi connectivity index (χ0v) is 12.8. The van der Waals surface area contributed by atoms with Gasteiger partial charge in [0.15, 0.2) is 0 Å². The Hall–Kier alpha value is -1.29. The molecule has 1 aliphatic carbocycles. The van der Waals surface area contributed by atoms with E-state index in [1.807, 2.05) is 0 Å². The van der Waals surface area contributed by atoms with E-state index in [0.717, 1.165) is 18.1 Å². The highest BCUT2D eigenvalue weighted by molar-refractivity contribution is 7.17. The first kappa shape index (κ1) is 15.1. The summed E-state index contributed by atoms with van der Waals surface area (Å²) in [6.07, 6.45) is 2.34. The summed E-state index contributed by atoms with van der Waals surface area (Å²) in [7, 11) is 3.39. The topological polar surface area (TPSA) is 71.5 Å². The number of anilines is 2. The van der Waals surface area contributed by atoms with Gasteiger partial charge in [0.2, 0.25) is 0 Å². The molecule has 20 heavy (non-hydrogen) atoms. The van der Waals surface area contributed by atoms with Gasteiger partial charge in [-0.2, -0.15) is 5.26 Å². The van der Waals surface area contributed by atoms with Crippen LogP contribution in [0.5, 0.6) is 0 Å². The summed E-state index contributed by atoms with van der Waals surface area (Å²) in [6.45, 7) is 2.86. The highest BCUT2D eigenvalue weighted by Gasteiger charge is 2.33. The Morgan fingerprint density at radius 3 is 2.35 bits per heavy atom. The number of ether oxygens (including phenoxy) is 2. The van der Waals surface area contributed by atoms with E-state index in [9.17, 15) is 5.26 Å². The first-order valence-electron chi connectivity index (χ1n) is 6.78. The fraction of sp³-hybridized carbons (Fsp3) is 0.643.